The summed E-state index contributed by atoms with van der Waals surface area (Å²) in [6, 6.07) is 4.74. The molecule has 0 radical (unpaired) electrons. The van der Waals surface area contributed by atoms with E-state index in [4.69, 9.17) is 23.2 Å². The minimum atomic E-state index is -0.411. The summed E-state index contributed by atoms with van der Waals surface area (Å²) < 4.78 is 15.3. The Kier molecular flexibility index (Phi) is 5.25. The molecule has 21 heavy (non-hydrogen) atoms. The molecule has 0 spiro atoms. The molecule has 2 rings (SSSR count). The van der Waals surface area contributed by atoms with Crippen molar-refractivity contribution in [3.05, 3.63) is 51.0 Å². The van der Waals surface area contributed by atoms with Gasteiger partial charge in [0.15, 0.2) is 0 Å². The van der Waals surface area contributed by atoms with Crippen LogP contribution in [0.3, 0.4) is 0 Å². The normalized spacial score (nSPS) is 12.7. The summed E-state index contributed by atoms with van der Waals surface area (Å²) in [5.41, 5.74) is 2.56. The van der Waals surface area contributed by atoms with Gasteiger partial charge in [0, 0.05) is 18.7 Å². The summed E-state index contributed by atoms with van der Waals surface area (Å²) in [5.74, 6) is -0.411. The van der Waals surface area contributed by atoms with E-state index in [0.29, 0.717) is 11.6 Å². The lowest BCUT2D eigenvalue weighted by Crippen LogP contribution is -2.23. The van der Waals surface area contributed by atoms with Crippen LogP contribution in [-0.2, 0) is 13.5 Å². The van der Waals surface area contributed by atoms with Crippen molar-refractivity contribution in [2.24, 2.45) is 7.05 Å². The van der Waals surface area contributed by atoms with E-state index in [1.165, 1.54) is 6.07 Å². The number of hydrogen-bond acceptors (Lipinski definition) is 2. The number of benzene rings is 1. The highest BCUT2D eigenvalue weighted by atomic mass is 35.5. The molecule has 0 fully saturated rings. The van der Waals surface area contributed by atoms with Gasteiger partial charge in [0.05, 0.1) is 10.7 Å². The summed E-state index contributed by atoms with van der Waals surface area (Å²) >= 11 is 12.4. The van der Waals surface area contributed by atoms with Gasteiger partial charge >= 0.3 is 0 Å². The third kappa shape index (κ3) is 3.39. The molecule has 1 atom stereocenters. The average molecular weight is 330 g/mol. The highest BCUT2D eigenvalue weighted by Crippen LogP contribution is 2.30. The lowest BCUT2D eigenvalue weighted by Gasteiger charge is -2.20. The van der Waals surface area contributed by atoms with Crippen molar-refractivity contribution in [2.75, 3.05) is 6.54 Å². The zero-order valence-corrected chi connectivity index (χ0v) is 13.8. The number of hydrogen-bond donors (Lipinski definition) is 1. The summed E-state index contributed by atoms with van der Waals surface area (Å²) in [4.78, 5) is 0. The fourth-order valence-corrected chi connectivity index (χ4v) is 2.95. The molecule has 0 amide bonds. The van der Waals surface area contributed by atoms with Crippen LogP contribution in [0.2, 0.25) is 10.2 Å². The van der Waals surface area contributed by atoms with Gasteiger partial charge < -0.3 is 5.32 Å². The van der Waals surface area contributed by atoms with Gasteiger partial charge in [0.1, 0.15) is 11.0 Å². The number of nitrogens with one attached hydrogen (secondary N) is 1. The molecule has 0 aliphatic rings. The maximum absolute atomic E-state index is 13.7. The summed E-state index contributed by atoms with van der Waals surface area (Å²) in [5, 5.41) is 8.39. The summed E-state index contributed by atoms with van der Waals surface area (Å²) in [6.07, 6.45) is 0.607. The Morgan fingerprint density at radius 1 is 1.38 bits per heavy atom. The minimum Gasteiger partial charge on any atom is -0.310 e. The van der Waals surface area contributed by atoms with Gasteiger partial charge in [-0.2, -0.15) is 5.10 Å². The van der Waals surface area contributed by atoms with Gasteiger partial charge in [0.2, 0.25) is 0 Å². The van der Waals surface area contributed by atoms with Crippen LogP contribution in [0.1, 0.15) is 29.8 Å². The lowest BCUT2D eigenvalue weighted by molar-refractivity contribution is 0.542. The van der Waals surface area contributed by atoms with Crippen LogP contribution in [0.15, 0.2) is 18.2 Å². The Bertz CT molecular complexity index is 640. The maximum Gasteiger partial charge on any atom is 0.142 e. The third-order valence-corrected chi connectivity index (χ3v) is 4.36. The number of rotatable bonds is 5. The Hall–Kier alpha value is -1.10. The SMILES string of the molecule is CCNC(Cc1c(C)nn(C)c1Cl)c1cccc(F)c1Cl. The summed E-state index contributed by atoms with van der Waals surface area (Å²) in [7, 11) is 1.80. The maximum atomic E-state index is 13.7. The Labute approximate surface area is 134 Å². The number of aryl methyl sites for hydroxylation is 2. The number of halogens is 3. The van der Waals surface area contributed by atoms with Gasteiger partial charge in [-0.25, -0.2) is 4.39 Å². The molecule has 0 saturated heterocycles. The van der Waals surface area contributed by atoms with Crippen molar-refractivity contribution in [3.63, 3.8) is 0 Å². The minimum absolute atomic E-state index is 0.112. The first-order valence-electron chi connectivity index (χ1n) is 6.81. The van der Waals surface area contributed by atoms with Crippen molar-refractivity contribution in [1.29, 1.82) is 0 Å². The smallest absolute Gasteiger partial charge is 0.142 e. The lowest BCUT2D eigenvalue weighted by atomic mass is 9.99. The van der Waals surface area contributed by atoms with E-state index in [2.05, 4.69) is 10.4 Å². The largest absolute Gasteiger partial charge is 0.310 e. The molecule has 2 aromatic rings. The van der Waals surface area contributed by atoms with E-state index in [1.54, 1.807) is 17.8 Å². The van der Waals surface area contributed by atoms with Crippen LogP contribution in [0.25, 0.3) is 0 Å². The van der Waals surface area contributed by atoms with E-state index in [1.807, 2.05) is 19.9 Å². The van der Waals surface area contributed by atoms with E-state index < -0.39 is 5.82 Å². The number of nitrogens with zero attached hydrogens (tertiary/aromatic N) is 2. The third-order valence-electron chi connectivity index (χ3n) is 3.49. The Morgan fingerprint density at radius 3 is 2.67 bits per heavy atom. The fourth-order valence-electron chi connectivity index (χ4n) is 2.44. The average Bonchev–Trinajstić information content (AvgIpc) is 2.68. The predicted octanol–water partition coefficient (Wildman–Crippen LogP) is 4.07. The summed E-state index contributed by atoms with van der Waals surface area (Å²) in [6.45, 7) is 4.66. The molecule has 1 unspecified atom stereocenters. The molecular formula is C15H18Cl2FN3. The highest BCUT2D eigenvalue weighted by molar-refractivity contribution is 6.31. The van der Waals surface area contributed by atoms with Crippen molar-refractivity contribution in [3.8, 4) is 0 Å². The van der Waals surface area contributed by atoms with Gasteiger partial charge in [0.25, 0.3) is 0 Å². The van der Waals surface area contributed by atoms with Crippen molar-refractivity contribution >= 4 is 23.2 Å². The Balaban J connectivity index is 2.38. The standard InChI is InChI=1S/C15H18Cl2FN3/c1-4-19-13(10-6-5-7-12(18)14(10)16)8-11-9(2)20-21(3)15(11)17/h5-7,13,19H,4,8H2,1-3H3. The second kappa shape index (κ2) is 6.77. The molecule has 3 nitrogen and oxygen atoms in total. The van der Waals surface area contributed by atoms with Gasteiger partial charge in [-0.05, 0) is 31.5 Å². The zero-order valence-electron chi connectivity index (χ0n) is 12.3. The van der Waals surface area contributed by atoms with Gasteiger partial charge in [-0.1, -0.05) is 42.3 Å². The van der Waals surface area contributed by atoms with E-state index >= 15 is 0 Å². The van der Waals surface area contributed by atoms with Crippen LogP contribution in [0.4, 0.5) is 4.39 Å². The van der Waals surface area contributed by atoms with Crippen LogP contribution < -0.4 is 5.32 Å². The zero-order chi connectivity index (χ0) is 15.6. The van der Waals surface area contributed by atoms with Crippen molar-refractivity contribution < 1.29 is 4.39 Å². The first kappa shape index (κ1) is 16.3. The Morgan fingerprint density at radius 2 is 2.10 bits per heavy atom. The fraction of sp³-hybridized carbons (Fsp3) is 0.400. The molecular weight excluding hydrogens is 312 g/mol. The molecule has 0 bridgehead atoms. The first-order valence-corrected chi connectivity index (χ1v) is 7.56. The number of aromatic nitrogens is 2. The molecule has 1 heterocycles. The second-order valence-electron chi connectivity index (χ2n) is 4.94. The van der Waals surface area contributed by atoms with Crippen LogP contribution in [0.5, 0.6) is 0 Å². The van der Waals surface area contributed by atoms with Gasteiger partial charge in [-0.3, -0.25) is 4.68 Å². The van der Waals surface area contributed by atoms with Crippen LogP contribution in [0, 0.1) is 12.7 Å². The molecule has 0 aliphatic carbocycles. The van der Waals surface area contributed by atoms with E-state index in [-0.39, 0.29) is 11.1 Å². The first-order chi connectivity index (χ1) is 9.95. The molecule has 0 saturated carbocycles. The highest BCUT2D eigenvalue weighted by Gasteiger charge is 2.21. The monoisotopic (exact) mass is 329 g/mol. The van der Waals surface area contributed by atoms with Crippen molar-refractivity contribution in [1.82, 2.24) is 15.1 Å². The van der Waals surface area contributed by atoms with Crippen LogP contribution in [-0.4, -0.2) is 16.3 Å². The quantitative estimate of drug-likeness (QED) is 0.896. The van der Waals surface area contributed by atoms with Crippen LogP contribution >= 0.6 is 23.2 Å². The molecule has 1 aromatic heterocycles. The molecule has 1 aromatic carbocycles. The van der Waals surface area contributed by atoms with E-state index in [9.17, 15) is 4.39 Å². The predicted molar refractivity (Wildman–Crippen MR) is 84.5 cm³/mol. The van der Waals surface area contributed by atoms with Gasteiger partial charge in [-0.15, -0.1) is 0 Å². The second-order valence-corrected chi connectivity index (χ2v) is 5.67. The van der Waals surface area contributed by atoms with Crippen molar-refractivity contribution in [2.45, 2.75) is 26.3 Å². The molecule has 0 aliphatic heterocycles. The number of likely N-dealkylation sites (N-methyl/N-ethyl adjacent to an activating group) is 1. The molecule has 114 valence electrons. The topological polar surface area (TPSA) is 29.9 Å². The molecule has 6 heteroatoms. The van der Waals surface area contributed by atoms with E-state index in [0.717, 1.165) is 23.4 Å². The molecule has 1 N–H and O–H groups in total.